The molecule has 1 aromatic carbocycles. The largest absolute Gasteiger partial charge is 0.379 e. The highest BCUT2D eigenvalue weighted by atomic mass is 35.5. The van der Waals surface area contributed by atoms with Gasteiger partial charge in [0.05, 0.1) is 18.1 Å². The summed E-state index contributed by atoms with van der Waals surface area (Å²) in [5, 5.41) is 0.619. The second-order valence-electron chi connectivity index (χ2n) is 3.62. The normalized spacial score (nSPS) is 18.2. The van der Waals surface area contributed by atoms with Crippen molar-refractivity contribution in [3.05, 3.63) is 28.2 Å². The molecule has 0 saturated carbocycles. The number of ether oxygens (including phenoxy) is 1. The topological polar surface area (TPSA) is 46.6 Å². The van der Waals surface area contributed by atoms with Gasteiger partial charge >= 0.3 is 0 Å². The predicted molar refractivity (Wildman–Crippen MR) is 66.0 cm³/mol. The second-order valence-corrected chi connectivity index (χ2v) is 6.43. The summed E-state index contributed by atoms with van der Waals surface area (Å²) < 4.78 is 31.0. The molecule has 0 aliphatic carbocycles. The van der Waals surface area contributed by atoms with E-state index in [0.717, 1.165) is 0 Å². The molecule has 1 aliphatic rings. The number of rotatable bonds is 2. The molecule has 7 heteroatoms. The van der Waals surface area contributed by atoms with Crippen LogP contribution < -0.4 is 0 Å². The fourth-order valence-electron chi connectivity index (χ4n) is 1.61. The molecule has 0 amide bonds. The van der Waals surface area contributed by atoms with Crippen LogP contribution in [0.3, 0.4) is 0 Å². The molecule has 0 N–H and O–H groups in total. The molecule has 17 heavy (non-hydrogen) atoms. The summed E-state index contributed by atoms with van der Waals surface area (Å²) >= 11 is 11.6. The van der Waals surface area contributed by atoms with Crippen molar-refractivity contribution in [3.63, 3.8) is 0 Å². The fraction of sp³-hybridized carbons (Fsp3) is 0.400. The molecule has 1 fully saturated rings. The van der Waals surface area contributed by atoms with Crippen LogP contribution in [0.1, 0.15) is 0 Å². The van der Waals surface area contributed by atoms with Crippen LogP contribution in [0.15, 0.2) is 23.1 Å². The Bertz CT molecular complexity index is 492. The van der Waals surface area contributed by atoms with E-state index in [-0.39, 0.29) is 4.90 Å². The van der Waals surface area contributed by atoms with Gasteiger partial charge in [0.25, 0.3) is 0 Å². The van der Waals surface area contributed by atoms with Crippen molar-refractivity contribution in [1.29, 1.82) is 0 Å². The highest BCUT2D eigenvalue weighted by Crippen LogP contribution is 2.25. The number of nitrogens with zero attached hydrogens (tertiary/aromatic N) is 1. The molecule has 1 saturated heterocycles. The average Bonchev–Trinajstić information content (AvgIpc) is 2.29. The monoisotopic (exact) mass is 295 g/mol. The third-order valence-electron chi connectivity index (χ3n) is 2.44. The van der Waals surface area contributed by atoms with Gasteiger partial charge in [0.1, 0.15) is 0 Å². The van der Waals surface area contributed by atoms with E-state index in [1.807, 2.05) is 0 Å². The lowest BCUT2D eigenvalue weighted by Gasteiger charge is -2.26. The first-order valence-electron chi connectivity index (χ1n) is 5.04. The molecule has 1 aliphatic heterocycles. The Labute approximate surface area is 110 Å². The first-order valence-corrected chi connectivity index (χ1v) is 7.24. The quantitative estimate of drug-likeness (QED) is 0.838. The SMILES string of the molecule is O=S(=O)(c1cc(Cl)cc(Cl)c1)N1CCOCC1. The van der Waals surface area contributed by atoms with Crippen molar-refractivity contribution < 1.29 is 13.2 Å². The lowest BCUT2D eigenvalue weighted by molar-refractivity contribution is 0.0730. The van der Waals surface area contributed by atoms with Crippen LogP contribution in [0.2, 0.25) is 10.0 Å². The van der Waals surface area contributed by atoms with Crippen molar-refractivity contribution >= 4 is 33.2 Å². The third-order valence-corrected chi connectivity index (χ3v) is 4.76. The second kappa shape index (κ2) is 5.12. The maximum atomic E-state index is 12.2. The zero-order chi connectivity index (χ0) is 12.5. The number of hydrogen-bond acceptors (Lipinski definition) is 3. The molecule has 0 aromatic heterocycles. The van der Waals surface area contributed by atoms with E-state index in [1.54, 1.807) is 0 Å². The molecular weight excluding hydrogens is 285 g/mol. The van der Waals surface area contributed by atoms with E-state index < -0.39 is 10.0 Å². The van der Waals surface area contributed by atoms with Crippen LogP contribution in [0, 0.1) is 0 Å². The third kappa shape index (κ3) is 2.92. The summed E-state index contributed by atoms with van der Waals surface area (Å²) in [6.07, 6.45) is 0. The Morgan fingerprint density at radius 1 is 1.06 bits per heavy atom. The predicted octanol–water partition coefficient (Wildman–Crippen LogP) is 2.01. The fourth-order valence-corrected chi connectivity index (χ4v) is 3.75. The molecule has 0 bridgehead atoms. The standard InChI is InChI=1S/C10H11Cl2NO3S/c11-8-5-9(12)7-10(6-8)17(14,15)13-1-3-16-4-2-13/h5-7H,1-4H2. The van der Waals surface area contributed by atoms with Crippen molar-refractivity contribution in [1.82, 2.24) is 4.31 Å². The maximum Gasteiger partial charge on any atom is 0.243 e. The average molecular weight is 296 g/mol. The number of sulfonamides is 1. The molecule has 1 heterocycles. The van der Waals surface area contributed by atoms with Crippen molar-refractivity contribution in [2.75, 3.05) is 26.3 Å². The van der Waals surface area contributed by atoms with E-state index in [9.17, 15) is 8.42 Å². The minimum Gasteiger partial charge on any atom is -0.379 e. The molecule has 0 unspecified atom stereocenters. The highest BCUT2D eigenvalue weighted by Gasteiger charge is 2.26. The zero-order valence-electron chi connectivity index (χ0n) is 8.90. The summed E-state index contributed by atoms with van der Waals surface area (Å²) in [6, 6.07) is 4.30. The van der Waals surface area contributed by atoms with Crippen LogP contribution in [-0.4, -0.2) is 39.0 Å². The molecule has 0 spiro atoms. The zero-order valence-corrected chi connectivity index (χ0v) is 11.2. The van der Waals surface area contributed by atoms with E-state index in [1.165, 1.54) is 22.5 Å². The highest BCUT2D eigenvalue weighted by molar-refractivity contribution is 7.89. The minimum atomic E-state index is -3.52. The van der Waals surface area contributed by atoms with Crippen LogP contribution in [0.4, 0.5) is 0 Å². The first kappa shape index (κ1) is 13.1. The minimum absolute atomic E-state index is 0.122. The van der Waals surface area contributed by atoms with Crippen molar-refractivity contribution in [2.24, 2.45) is 0 Å². The van der Waals surface area contributed by atoms with Gasteiger partial charge in [-0.05, 0) is 18.2 Å². The van der Waals surface area contributed by atoms with Gasteiger partial charge in [-0.2, -0.15) is 4.31 Å². The van der Waals surface area contributed by atoms with E-state index >= 15 is 0 Å². The molecule has 0 atom stereocenters. The van der Waals surface area contributed by atoms with Gasteiger partial charge in [0, 0.05) is 23.1 Å². The van der Waals surface area contributed by atoms with Gasteiger partial charge in [0.2, 0.25) is 10.0 Å². The lowest BCUT2D eigenvalue weighted by atomic mass is 10.4. The molecule has 2 rings (SSSR count). The van der Waals surface area contributed by atoms with Crippen LogP contribution in [0.25, 0.3) is 0 Å². The number of morpholine rings is 1. The number of hydrogen-bond donors (Lipinski definition) is 0. The van der Waals surface area contributed by atoms with Gasteiger partial charge in [-0.15, -0.1) is 0 Å². The Balaban J connectivity index is 2.36. The van der Waals surface area contributed by atoms with Gasteiger partial charge < -0.3 is 4.74 Å². The molecule has 0 radical (unpaired) electrons. The van der Waals surface area contributed by atoms with Crippen LogP contribution >= 0.6 is 23.2 Å². The molecule has 1 aromatic rings. The summed E-state index contributed by atoms with van der Waals surface area (Å²) in [6.45, 7) is 1.53. The molecular formula is C10H11Cl2NO3S. The molecule has 4 nitrogen and oxygen atoms in total. The summed E-state index contributed by atoms with van der Waals surface area (Å²) in [4.78, 5) is 0.122. The Morgan fingerprint density at radius 2 is 1.59 bits per heavy atom. The van der Waals surface area contributed by atoms with Crippen molar-refractivity contribution in [2.45, 2.75) is 4.90 Å². The van der Waals surface area contributed by atoms with E-state index in [4.69, 9.17) is 27.9 Å². The van der Waals surface area contributed by atoms with Gasteiger partial charge in [-0.25, -0.2) is 8.42 Å². The number of benzene rings is 1. The van der Waals surface area contributed by atoms with Crippen LogP contribution in [0.5, 0.6) is 0 Å². The van der Waals surface area contributed by atoms with Crippen LogP contribution in [-0.2, 0) is 14.8 Å². The van der Waals surface area contributed by atoms with E-state index in [0.29, 0.717) is 36.3 Å². The summed E-state index contributed by atoms with van der Waals surface area (Å²) in [7, 11) is -3.52. The summed E-state index contributed by atoms with van der Waals surface area (Å²) in [5.74, 6) is 0. The van der Waals surface area contributed by atoms with E-state index in [2.05, 4.69) is 0 Å². The van der Waals surface area contributed by atoms with Gasteiger partial charge in [-0.3, -0.25) is 0 Å². The Morgan fingerprint density at radius 3 is 2.12 bits per heavy atom. The molecule has 94 valence electrons. The smallest absolute Gasteiger partial charge is 0.243 e. The Kier molecular flexibility index (Phi) is 3.95. The van der Waals surface area contributed by atoms with Crippen molar-refractivity contribution in [3.8, 4) is 0 Å². The number of halogens is 2. The summed E-state index contributed by atoms with van der Waals surface area (Å²) in [5.41, 5.74) is 0. The van der Waals surface area contributed by atoms with Gasteiger partial charge in [0.15, 0.2) is 0 Å². The first-order chi connectivity index (χ1) is 8.00. The van der Waals surface area contributed by atoms with Gasteiger partial charge in [-0.1, -0.05) is 23.2 Å². The Hall–Kier alpha value is -0.330. The lowest BCUT2D eigenvalue weighted by Crippen LogP contribution is -2.40. The maximum absolute atomic E-state index is 12.2.